The minimum atomic E-state index is -4.25. The first-order valence-corrected chi connectivity index (χ1v) is 13.1. The molecule has 0 fully saturated rings. The van der Waals surface area contributed by atoms with Gasteiger partial charge in [-0.25, -0.2) is 13.4 Å². The van der Waals surface area contributed by atoms with Crippen LogP contribution in [0.3, 0.4) is 0 Å². The number of carbonyl (C=O) groups is 1. The summed E-state index contributed by atoms with van der Waals surface area (Å²) in [5.74, 6) is -0.349. The van der Waals surface area contributed by atoms with Gasteiger partial charge in [-0.05, 0) is 47.7 Å². The molecule has 3 aromatic rings. The molecule has 2 aromatic carbocycles. The van der Waals surface area contributed by atoms with Crippen LogP contribution in [-0.2, 0) is 34.3 Å². The molecule has 2 heterocycles. The van der Waals surface area contributed by atoms with Crippen molar-refractivity contribution in [2.45, 2.75) is 36.9 Å². The fourth-order valence-electron chi connectivity index (χ4n) is 3.99. The molecule has 1 aromatic heterocycles. The Kier molecular flexibility index (Phi) is 7.39. The Morgan fingerprint density at radius 3 is 2.59 bits per heavy atom. The fraction of sp³-hybridized carbons (Fsp3) is 0.273. The highest BCUT2D eigenvalue weighted by Crippen LogP contribution is 2.31. The van der Waals surface area contributed by atoms with E-state index in [1.165, 1.54) is 23.9 Å². The molecular formula is C22H22Cl3N5O3S. The number of benzene rings is 2. The molecule has 8 nitrogen and oxygen atoms in total. The van der Waals surface area contributed by atoms with Crippen LogP contribution in [0, 0.1) is 0 Å². The molecule has 0 bridgehead atoms. The maximum Gasteiger partial charge on any atom is 0.244 e. The Bertz CT molecular complexity index is 1310. The molecule has 4 rings (SSSR count). The van der Waals surface area contributed by atoms with Crippen LogP contribution in [0.4, 0.5) is 5.69 Å². The standard InChI is InChI=1S/C22H22Cl3N5O3S/c23-16-11-17(24)20(18(26)12-16)34(32,33)28-19(6-9-29-10-7-27-22(29)25)21(31)30-8-5-14-3-1-2-4-15(14)13-30/h1-4,7,10-12,19,28H,5-6,8-9,13,26H2. The van der Waals surface area contributed by atoms with Crippen LogP contribution in [0.25, 0.3) is 0 Å². The number of nitrogens with two attached hydrogens (primary N) is 1. The summed E-state index contributed by atoms with van der Waals surface area (Å²) >= 11 is 18.2. The van der Waals surface area contributed by atoms with Gasteiger partial charge in [0.15, 0.2) is 0 Å². The van der Waals surface area contributed by atoms with Crippen molar-refractivity contribution in [1.82, 2.24) is 19.2 Å². The number of hydrogen-bond acceptors (Lipinski definition) is 5. The Balaban J connectivity index is 1.61. The molecule has 0 saturated carbocycles. The number of halogens is 3. The number of anilines is 1. The van der Waals surface area contributed by atoms with Crippen molar-refractivity contribution in [1.29, 1.82) is 0 Å². The number of carbonyl (C=O) groups excluding carboxylic acids is 1. The molecule has 0 spiro atoms. The first-order valence-electron chi connectivity index (χ1n) is 10.4. The summed E-state index contributed by atoms with van der Waals surface area (Å²) in [5, 5.41) is 0.315. The Morgan fingerprint density at radius 1 is 1.18 bits per heavy atom. The van der Waals surface area contributed by atoms with E-state index in [0.29, 0.717) is 19.5 Å². The molecular weight excluding hydrogens is 521 g/mol. The van der Waals surface area contributed by atoms with Gasteiger partial charge >= 0.3 is 0 Å². The van der Waals surface area contributed by atoms with Crippen LogP contribution < -0.4 is 10.5 Å². The third-order valence-electron chi connectivity index (χ3n) is 5.67. The van der Waals surface area contributed by atoms with E-state index < -0.39 is 16.1 Å². The lowest BCUT2D eigenvalue weighted by molar-refractivity contribution is -0.134. The summed E-state index contributed by atoms with van der Waals surface area (Å²) in [6.07, 6.45) is 4.00. The van der Waals surface area contributed by atoms with E-state index in [0.717, 1.165) is 5.56 Å². The highest BCUT2D eigenvalue weighted by atomic mass is 35.5. The number of nitrogens with zero attached hydrogens (tertiary/aromatic N) is 3. The van der Waals surface area contributed by atoms with Crippen molar-refractivity contribution < 1.29 is 13.2 Å². The quantitative estimate of drug-likeness (QED) is 0.442. The minimum absolute atomic E-state index is 0.110. The van der Waals surface area contributed by atoms with Crippen molar-refractivity contribution in [3.05, 3.63) is 75.2 Å². The Hall–Kier alpha value is -2.30. The molecule has 1 unspecified atom stereocenters. The number of nitrogen functional groups attached to an aromatic ring is 1. The second-order valence-corrected chi connectivity index (χ2v) is 10.8. The number of aromatic nitrogens is 2. The maximum absolute atomic E-state index is 13.5. The van der Waals surface area contributed by atoms with E-state index in [4.69, 9.17) is 40.5 Å². The topological polar surface area (TPSA) is 110 Å². The van der Waals surface area contributed by atoms with Crippen LogP contribution in [-0.4, -0.2) is 41.4 Å². The molecule has 34 heavy (non-hydrogen) atoms. The van der Waals surface area contributed by atoms with Crippen molar-refractivity contribution in [3.8, 4) is 0 Å². The summed E-state index contributed by atoms with van der Waals surface area (Å²) < 4.78 is 30.7. The van der Waals surface area contributed by atoms with E-state index in [2.05, 4.69) is 9.71 Å². The predicted octanol–water partition coefficient (Wildman–Crippen LogP) is 3.75. The third-order valence-corrected chi connectivity index (χ3v) is 8.20. The van der Waals surface area contributed by atoms with Crippen LogP contribution in [0.15, 0.2) is 53.7 Å². The van der Waals surface area contributed by atoms with Crippen LogP contribution in [0.2, 0.25) is 15.3 Å². The van der Waals surface area contributed by atoms with Crippen LogP contribution in [0.1, 0.15) is 17.5 Å². The summed E-state index contributed by atoms with van der Waals surface area (Å²) in [6, 6.07) is 9.38. The van der Waals surface area contributed by atoms with E-state index in [1.807, 2.05) is 24.3 Å². The minimum Gasteiger partial charge on any atom is -0.398 e. The predicted molar refractivity (Wildman–Crippen MR) is 132 cm³/mol. The van der Waals surface area contributed by atoms with Gasteiger partial charge in [0.2, 0.25) is 21.2 Å². The Morgan fingerprint density at radius 2 is 1.91 bits per heavy atom. The maximum atomic E-state index is 13.5. The van der Waals surface area contributed by atoms with Crippen LogP contribution >= 0.6 is 34.8 Å². The van der Waals surface area contributed by atoms with E-state index >= 15 is 0 Å². The smallest absolute Gasteiger partial charge is 0.244 e. The fourth-order valence-corrected chi connectivity index (χ4v) is 6.40. The largest absolute Gasteiger partial charge is 0.398 e. The number of hydrogen-bond donors (Lipinski definition) is 2. The number of amides is 1. The summed E-state index contributed by atoms with van der Waals surface area (Å²) in [7, 11) is -4.25. The first kappa shape index (κ1) is 24.8. The van der Waals surface area contributed by atoms with Gasteiger partial charge in [0.25, 0.3) is 0 Å². The van der Waals surface area contributed by atoms with Gasteiger partial charge in [0.1, 0.15) is 10.9 Å². The highest BCUT2D eigenvalue weighted by molar-refractivity contribution is 7.89. The third kappa shape index (κ3) is 5.34. The van der Waals surface area contributed by atoms with Gasteiger partial charge in [0, 0.05) is 37.1 Å². The number of sulfonamides is 1. The second-order valence-electron chi connectivity index (χ2n) is 7.94. The zero-order chi connectivity index (χ0) is 24.5. The first-order chi connectivity index (χ1) is 16.2. The number of aryl methyl sites for hydroxylation is 1. The van der Waals surface area contributed by atoms with Gasteiger partial charge in [-0.1, -0.05) is 47.5 Å². The lowest BCUT2D eigenvalue weighted by Gasteiger charge is -2.32. The highest BCUT2D eigenvalue weighted by Gasteiger charge is 2.33. The lowest BCUT2D eigenvalue weighted by atomic mass is 9.99. The van der Waals surface area contributed by atoms with Gasteiger partial charge < -0.3 is 15.2 Å². The molecule has 1 atom stereocenters. The Labute approximate surface area is 212 Å². The van der Waals surface area contributed by atoms with Crippen molar-refractivity contribution in [2.24, 2.45) is 0 Å². The van der Waals surface area contributed by atoms with Crippen LogP contribution in [0.5, 0.6) is 0 Å². The summed E-state index contributed by atoms with van der Waals surface area (Å²) in [5.41, 5.74) is 8.01. The molecule has 1 amide bonds. The molecule has 12 heteroatoms. The molecule has 180 valence electrons. The van der Waals surface area contributed by atoms with E-state index in [1.54, 1.807) is 15.7 Å². The van der Waals surface area contributed by atoms with Crippen molar-refractivity contribution in [3.63, 3.8) is 0 Å². The molecule has 3 N–H and O–H groups in total. The normalized spacial score (nSPS) is 14.6. The lowest BCUT2D eigenvalue weighted by Crippen LogP contribution is -2.50. The average Bonchev–Trinajstić information content (AvgIpc) is 3.19. The van der Waals surface area contributed by atoms with Crippen molar-refractivity contribution in [2.75, 3.05) is 12.3 Å². The number of nitrogens with one attached hydrogen (secondary N) is 1. The number of imidazole rings is 1. The molecule has 0 saturated heterocycles. The molecule has 1 aliphatic heterocycles. The van der Waals surface area contributed by atoms with Crippen molar-refractivity contribution >= 4 is 56.4 Å². The summed E-state index contributed by atoms with van der Waals surface area (Å²) in [6.45, 7) is 1.14. The number of rotatable bonds is 7. The zero-order valence-corrected chi connectivity index (χ0v) is 21.0. The van der Waals surface area contributed by atoms with Gasteiger partial charge in [-0.15, -0.1) is 0 Å². The average molecular weight is 543 g/mol. The molecule has 0 aliphatic carbocycles. The molecule has 0 radical (unpaired) electrons. The second kappa shape index (κ2) is 10.1. The van der Waals surface area contributed by atoms with E-state index in [9.17, 15) is 13.2 Å². The van der Waals surface area contributed by atoms with Gasteiger partial charge in [0.05, 0.1) is 10.7 Å². The SMILES string of the molecule is Nc1cc(Cl)cc(Cl)c1S(=O)(=O)NC(CCn1ccnc1Cl)C(=O)N1CCc2ccccc2C1. The van der Waals surface area contributed by atoms with Gasteiger partial charge in [-0.3, -0.25) is 4.79 Å². The summed E-state index contributed by atoms with van der Waals surface area (Å²) in [4.78, 5) is 18.8. The zero-order valence-electron chi connectivity index (χ0n) is 17.9. The van der Waals surface area contributed by atoms with Gasteiger partial charge in [-0.2, -0.15) is 4.72 Å². The number of fused-ring (bicyclic) bond motifs is 1. The molecule has 1 aliphatic rings. The monoisotopic (exact) mass is 541 g/mol. The van der Waals surface area contributed by atoms with E-state index in [-0.39, 0.29) is 44.8 Å².